The van der Waals surface area contributed by atoms with Crippen LogP contribution in [-0.4, -0.2) is 0 Å². The molecule has 0 radical (unpaired) electrons. The van der Waals surface area contributed by atoms with Crippen LogP contribution in [0.2, 0.25) is 0 Å². The highest BCUT2D eigenvalue weighted by Gasteiger charge is 1.92. The van der Waals surface area contributed by atoms with Gasteiger partial charge in [-0.2, -0.15) is 0 Å². The molecule has 0 heterocycles. The van der Waals surface area contributed by atoms with Gasteiger partial charge in [0.2, 0.25) is 0 Å². The van der Waals surface area contributed by atoms with Crippen molar-refractivity contribution in [3.05, 3.63) is 20.6 Å². The highest BCUT2D eigenvalue weighted by molar-refractivity contribution is 9.28. The average Bonchev–Trinajstić information content (AvgIpc) is 1.86. The normalized spacial score (nSPS) is 9.18. The van der Waals surface area contributed by atoms with Crippen molar-refractivity contribution >= 4 is 31.9 Å². The quantitative estimate of drug-likeness (QED) is 0.655. The van der Waals surface area contributed by atoms with Crippen LogP contribution in [0.15, 0.2) is 20.6 Å². The second-order valence-electron chi connectivity index (χ2n) is 2.86. The molecular weight excluding hydrogens is 268 g/mol. The van der Waals surface area contributed by atoms with E-state index in [0.29, 0.717) is 0 Å². The summed E-state index contributed by atoms with van der Waals surface area (Å²) in [5.74, 6) is 0. The molecule has 0 rings (SSSR count). The maximum atomic E-state index is 3.38. The predicted molar refractivity (Wildman–Crippen MR) is 59.2 cm³/mol. The molecule has 0 aromatic rings. The fraction of sp³-hybridized carbons (Fsp3) is 0.556. The largest absolute Gasteiger partial charge is 0.0856 e. The van der Waals surface area contributed by atoms with E-state index < -0.39 is 0 Å². The lowest BCUT2D eigenvalue weighted by Gasteiger charge is -1.97. The van der Waals surface area contributed by atoms with Gasteiger partial charge in [-0.25, -0.2) is 0 Å². The number of halogens is 2. The molecule has 0 aromatic carbocycles. The third kappa shape index (κ3) is 6.82. The molecule has 0 atom stereocenters. The summed E-state index contributed by atoms with van der Waals surface area (Å²) in [7, 11) is 0. The summed E-state index contributed by atoms with van der Waals surface area (Å²) in [5, 5.41) is 0. The van der Waals surface area contributed by atoms with E-state index in [1.165, 1.54) is 11.1 Å². The van der Waals surface area contributed by atoms with Crippen LogP contribution in [0.1, 0.15) is 33.6 Å². The van der Waals surface area contributed by atoms with Crippen LogP contribution in [0, 0.1) is 0 Å². The van der Waals surface area contributed by atoms with E-state index in [4.69, 9.17) is 0 Å². The van der Waals surface area contributed by atoms with Gasteiger partial charge in [0.1, 0.15) is 0 Å². The Morgan fingerprint density at radius 3 is 2.09 bits per heavy atom. The topological polar surface area (TPSA) is 0 Å². The van der Waals surface area contributed by atoms with Crippen molar-refractivity contribution in [3.8, 4) is 0 Å². The molecule has 11 heavy (non-hydrogen) atoms. The zero-order chi connectivity index (χ0) is 8.85. The first-order chi connectivity index (χ1) is 5.04. The molecule has 0 fully saturated rings. The highest BCUT2D eigenvalue weighted by Crippen LogP contribution is 2.22. The first-order valence-electron chi connectivity index (χ1n) is 3.68. The van der Waals surface area contributed by atoms with Crippen molar-refractivity contribution in [3.63, 3.8) is 0 Å². The zero-order valence-corrected chi connectivity index (χ0v) is 10.4. The molecule has 0 saturated heterocycles. The summed E-state index contributed by atoms with van der Waals surface area (Å²) in [5.41, 5.74) is 2.76. The predicted octanol–water partition coefficient (Wildman–Crippen LogP) is 4.75. The van der Waals surface area contributed by atoms with Crippen molar-refractivity contribution in [2.24, 2.45) is 0 Å². The highest BCUT2D eigenvalue weighted by atomic mass is 79.9. The average molecular weight is 282 g/mol. The molecule has 0 aromatic heterocycles. The van der Waals surface area contributed by atoms with E-state index in [2.05, 4.69) is 58.7 Å². The van der Waals surface area contributed by atoms with Crippen LogP contribution in [-0.2, 0) is 0 Å². The Morgan fingerprint density at radius 1 is 1.18 bits per heavy atom. The third-order valence-corrected chi connectivity index (χ3v) is 2.75. The Labute approximate surface area is 86.0 Å². The molecule has 0 bridgehead atoms. The first kappa shape index (κ1) is 11.4. The molecule has 0 aliphatic heterocycles. The molecule has 0 saturated carbocycles. The minimum absolute atomic E-state index is 1.09. The Hall–Kier alpha value is 0.440. The standard InChI is InChI=1S/C9H14Br2/c1-7(2)5-4-6-8(3)9(10)11/h5H,4,6H2,1-3H3. The summed E-state index contributed by atoms with van der Waals surface area (Å²) in [6, 6.07) is 0. The van der Waals surface area contributed by atoms with Crippen LogP contribution >= 0.6 is 31.9 Å². The van der Waals surface area contributed by atoms with Crippen LogP contribution in [0.4, 0.5) is 0 Å². The molecule has 0 unspecified atom stereocenters. The Morgan fingerprint density at radius 2 is 1.73 bits per heavy atom. The van der Waals surface area contributed by atoms with Gasteiger partial charge in [-0.1, -0.05) is 17.2 Å². The second kappa shape index (κ2) is 6.01. The Bertz CT molecular complexity index is 170. The van der Waals surface area contributed by atoms with E-state index in [0.717, 1.165) is 16.2 Å². The van der Waals surface area contributed by atoms with Crippen molar-refractivity contribution in [2.75, 3.05) is 0 Å². The maximum Gasteiger partial charge on any atom is 0.0593 e. The monoisotopic (exact) mass is 280 g/mol. The lowest BCUT2D eigenvalue weighted by Crippen LogP contribution is -1.76. The molecule has 0 aliphatic rings. The number of hydrogen-bond donors (Lipinski definition) is 0. The minimum Gasteiger partial charge on any atom is -0.0856 e. The van der Waals surface area contributed by atoms with E-state index in [1.807, 2.05) is 0 Å². The second-order valence-corrected chi connectivity index (χ2v) is 5.51. The van der Waals surface area contributed by atoms with Crippen LogP contribution in [0.5, 0.6) is 0 Å². The zero-order valence-electron chi connectivity index (χ0n) is 7.25. The smallest absolute Gasteiger partial charge is 0.0593 e. The van der Waals surface area contributed by atoms with Crippen LogP contribution < -0.4 is 0 Å². The van der Waals surface area contributed by atoms with Crippen molar-refractivity contribution in [2.45, 2.75) is 33.6 Å². The summed E-state index contributed by atoms with van der Waals surface area (Å²) in [4.78, 5) is 0. The molecule has 0 spiro atoms. The van der Waals surface area contributed by atoms with E-state index >= 15 is 0 Å². The lowest BCUT2D eigenvalue weighted by molar-refractivity contribution is 0.970. The van der Waals surface area contributed by atoms with Crippen molar-refractivity contribution in [1.29, 1.82) is 0 Å². The van der Waals surface area contributed by atoms with Gasteiger partial charge in [-0.15, -0.1) is 0 Å². The molecule has 0 nitrogen and oxygen atoms in total. The SMILES string of the molecule is CC(C)=CCCC(C)=C(Br)Br. The number of allylic oxidation sites excluding steroid dienone is 3. The van der Waals surface area contributed by atoms with Crippen molar-refractivity contribution in [1.82, 2.24) is 0 Å². The molecule has 64 valence electrons. The molecule has 2 heteroatoms. The van der Waals surface area contributed by atoms with Gasteiger partial charge >= 0.3 is 0 Å². The third-order valence-electron chi connectivity index (χ3n) is 1.39. The summed E-state index contributed by atoms with van der Waals surface area (Å²) in [6.45, 7) is 6.38. The Balaban J connectivity index is 3.73. The summed E-state index contributed by atoms with van der Waals surface area (Å²) in [6.07, 6.45) is 4.51. The summed E-state index contributed by atoms with van der Waals surface area (Å²) < 4.78 is 1.09. The van der Waals surface area contributed by atoms with E-state index in [9.17, 15) is 0 Å². The van der Waals surface area contributed by atoms with Crippen LogP contribution in [0.25, 0.3) is 0 Å². The molecular formula is C9H14Br2. The van der Waals surface area contributed by atoms with Gasteiger partial charge in [0, 0.05) is 0 Å². The maximum absolute atomic E-state index is 3.38. The Kier molecular flexibility index (Phi) is 6.25. The van der Waals surface area contributed by atoms with Gasteiger partial charge in [0.25, 0.3) is 0 Å². The number of hydrogen-bond acceptors (Lipinski definition) is 0. The lowest BCUT2D eigenvalue weighted by atomic mass is 10.1. The van der Waals surface area contributed by atoms with Gasteiger partial charge in [-0.05, 0) is 65.5 Å². The molecule has 0 aliphatic carbocycles. The minimum atomic E-state index is 1.09. The molecule has 0 amide bonds. The summed E-state index contributed by atoms with van der Waals surface area (Å²) >= 11 is 6.77. The number of rotatable bonds is 3. The van der Waals surface area contributed by atoms with E-state index in [-0.39, 0.29) is 0 Å². The van der Waals surface area contributed by atoms with Gasteiger partial charge in [-0.3, -0.25) is 0 Å². The fourth-order valence-corrected chi connectivity index (χ4v) is 1.07. The van der Waals surface area contributed by atoms with Gasteiger partial charge in [0.05, 0.1) is 3.39 Å². The van der Waals surface area contributed by atoms with Gasteiger partial charge in [0.15, 0.2) is 0 Å². The van der Waals surface area contributed by atoms with Gasteiger partial charge < -0.3 is 0 Å². The molecule has 0 N–H and O–H groups in total. The van der Waals surface area contributed by atoms with E-state index in [1.54, 1.807) is 0 Å². The van der Waals surface area contributed by atoms with Crippen LogP contribution in [0.3, 0.4) is 0 Å². The first-order valence-corrected chi connectivity index (χ1v) is 5.26. The van der Waals surface area contributed by atoms with Crippen molar-refractivity contribution < 1.29 is 0 Å². The fourth-order valence-electron chi connectivity index (χ4n) is 0.672.